The Hall–Kier alpha value is -3.66. The Morgan fingerprint density at radius 1 is 0.538 bits per heavy atom. The largest absolute Gasteiger partial charge is 0.508 e. The second-order valence-electron chi connectivity index (χ2n) is 6.55. The first-order valence-electron chi connectivity index (χ1n) is 8.31. The van der Waals surface area contributed by atoms with Crippen molar-refractivity contribution < 1.29 is 19.0 Å². The predicted octanol–water partition coefficient (Wildman–Crippen LogP) is 6.05. The SMILES string of the molecule is Oc1ccc2ccc3oc4oc5ccc6ccc(O)cc6c5c4c3c2c1. The molecule has 0 bridgehead atoms. The number of furan rings is 2. The summed E-state index contributed by atoms with van der Waals surface area (Å²) in [7, 11) is 0. The van der Waals surface area contributed by atoms with Gasteiger partial charge in [0, 0.05) is 10.8 Å². The molecule has 0 aliphatic rings. The van der Waals surface area contributed by atoms with E-state index in [1.54, 1.807) is 24.3 Å². The van der Waals surface area contributed by atoms with Crippen LogP contribution in [0.4, 0.5) is 0 Å². The second kappa shape index (κ2) is 4.49. The van der Waals surface area contributed by atoms with Gasteiger partial charge in [0.2, 0.25) is 0 Å². The number of hydrogen-bond acceptors (Lipinski definition) is 4. The molecular formula is C22H12O4. The summed E-state index contributed by atoms with van der Waals surface area (Å²) in [4.78, 5) is 0. The minimum absolute atomic E-state index is 0.203. The van der Waals surface area contributed by atoms with Gasteiger partial charge in [0.25, 0.3) is 5.78 Å². The monoisotopic (exact) mass is 340 g/mol. The zero-order chi connectivity index (χ0) is 17.4. The predicted molar refractivity (Wildman–Crippen MR) is 102 cm³/mol. The van der Waals surface area contributed by atoms with E-state index >= 15 is 0 Å². The molecule has 0 radical (unpaired) electrons. The lowest BCUT2D eigenvalue weighted by Gasteiger charge is -2.03. The Morgan fingerprint density at radius 3 is 1.50 bits per heavy atom. The van der Waals surface area contributed by atoms with E-state index in [1.807, 2.05) is 36.4 Å². The average Bonchev–Trinajstić information content (AvgIpc) is 3.16. The summed E-state index contributed by atoms with van der Waals surface area (Å²) >= 11 is 0. The summed E-state index contributed by atoms with van der Waals surface area (Å²) in [6.07, 6.45) is 0. The van der Waals surface area contributed by atoms with Crippen molar-refractivity contribution in [1.82, 2.24) is 0 Å². The van der Waals surface area contributed by atoms with Crippen LogP contribution >= 0.6 is 0 Å². The molecule has 2 heterocycles. The fourth-order valence-corrected chi connectivity index (χ4v) is 3.91. The molecule has 6 aromatic rings. The van der Waals surface area contributed by atoms with Crippen molar-refractivity contribution in [3.8, 4) is 11.5 Å². The Labute approximate surface area is 146 Å². The van der Waals surface area contributed by atoms with E-state index in [2.05, 4.69) is 0 Å². The number of benzene rings is 4. The third-order valence-electron chi connectivity index (χ3n) is 5.04. The van der Waals surface area contributed by atoms with Crippen LogP contribution in [0.15, 0.2) is 69.5 Å². The molecule has 0 saturated carbocycles. The minimum atomic E-state index is 0.203. The fourth-order valence-electron chi connectivity index (χ4n) is 3.91. The van der Waals surface area contributed by atoms with E-state index in [-0.39, 0.29) is 11.5 Å². The summed E-state index contributed by atoms with van der Waals surface area (Å²) in [6.45, 7) is 0. The summed E-state index contributed by atoms with van der Waals surface area (Å²) in [5.74, 6) is 0.853. The lowest BCUT2D eigenvalue weighted by Crippen LogP contribution is -1.77. The lowest BCUT2D eigenvalue weighted by atomic mass is 10.00. The van der Waals surface area contributed by atoms with Gasteiger partial charge in [-0.15, -0.1) is 0 Å². The molecule has 0 atom stereocenters. The number of hydrogen-bond donors (Lipinski definition) is 2. The number of phenolic OH excluding ortho intramolecular Hbond substituents is 2. The number of phenols is 2. The van der Waals surface area contributed by atoms with Gasteiger partial charge in [-0.1, -0.05) is 24.3 Å². The third-order valence-corrected chi connectivity index (χ3v) is 5.04. The maximum Gasteiger partial charge on any atom is 0.299 e. The first-order valence-corrected chi connectivity index (χ1v) is 8.31. The highest BCUT2D eigenvalue weighted by atomic mass is 16.5. The van der Waals surface area contributed by atoms with Crippen molar-refractivity contribution >= 4 is 54.6 Å². The minimum Gasteiger partial charge on any atom is -0.508 e. The number of aromatic hydroxyl groups is 2. The van der Waals surface area contributed by atoms with Gasteiger partial charge in [-0.3, -0.25) is 0 Å². The van der Waals surface area contributed by atoms with Crippen LogP contribution in [0.2, 0.25) is 0 Å². The zero-order valence-electron chi connectivity index (χ0n) is 13.5. The summed E-state index contributed by atoms with van der Waals surface area (Å²) in [5.41, 5.74) is 1.41. The van der Waals surface area contributed by atoms with Crippen LogP contribution in [-0.2, 0) is 0 Å². The molecule has 4 heteroatoms. The maximum absolute atomic E-state index is 9.98. The molecule has 4 nitrogen and oxygen atoms in total. The molecule has 0 fully saturated rings. The highest BCUT2D eigenvalue weighted by Crippen LogP contribution is 2.43. The summed E-state index contributed by atoms with van der Waals surface area (Å²) < 4.78 is 11.9. The molecule has 2 N–H and O–H groups in total. The Balaban J connectivity index is 1.96. The molecule has 26 heavy (non-hydrogen) atoms. The van der Waals surface area contributed by atoms with Crippen LogP contribution in [0.1, 0.15) is 0 Å². The van der Waals surface area contributed by atoms with Gasteiger partial charge in [-0.2, -0.15) is 0 Å². The first kappa shape index (κ1) is 13.6. The molecule has 4 aromatic carbocycles. The average molecular weight is 340 g/mol. The van der Waals surface area contributed by atoms with Gasteiger partial charge in [0.15, 0.2) is 0 Å². The van der Waals surface area contributed by atoms with Gasteiger partial charge in [-0.05, 0) is 57.9 Å². The molecule has 0 saturated heterocycles. The van der Waals surface area contributed by atoms with Gasteiger partial charge in [0.1, 0.15) is 22.7 Å². The molecule has 2 aromatic heterocycles. The highest BCUT2D eigenvalue weighted by molar-refractivity contribution is 6.30. The van der Waals surface area contributed by atoms with Crippen molar-refractivity contribution in [3.05, 3.63) is 60.7 Å². The Bertz CT molecular complexity index is 1390. The molecule has 124 valence electrons. The van der Waals surface area contributed by atoms with Crippen molar-refractivity contribution in [2.45, 2.75) is 0 Å². The van der Waals surface area contributed by atoms with E-state index in [0.29, 0.717) is 16.9 Å². The van der Waals surface area contributed by atoms with Crippen LogP contribution in [0, 0.1) is 0 Å². The van der Waals surface area contributed by atoms with E-state index in [1.165, 1.54) is 0 Å². The first-order chi connectivity index (χ1) is 12.7. The number of rotatable bonds is 0. The standard InChI is InChI=1S/C22H12O4/c23-13-5-1-11-3-7-17-19(15(11)9-13)21-20-16-10-14(24)6-2-12(16)4-8-18(20)26-22(21)25-17/h1-10,23-24H. The number of fused-ring (bicyclic) bond motifs is 9. The molecule has 0 aliphatic carbocycles. The normalized spacial score (nSPS) is 12.2. The van der Waals surface area contributed by atoms with Gasteiger partial charge in [-0.25, -0.2) is 0 Å². The van der Waals surface area contributed by atoms with Crippen molar-refractivity contribution in [1.29, 1.82) is 0 Å². The van der Waals surface area contributed by atoms with Crippen LogP contribution < -0.4 is 0 Å². The third kappa shape index (κ3) is 1.63. The zero-order valence-corrected chi connectivity index (χ0v) is 13.5. The quantitative estimate of drug-likeness (QED) is 0.353. The Kier molecular flexibility index (Phi) is 2.35. The van der Waals surface area contributed by atoms with E-state index in [4.69, 9.17) is 8.83 Å². The van der Waals surface area contributed by atoms with Gasteiger partial charge >= 0.3 is 0 Å². The highest BCUT2D eigenvalue weighted by Gasteiger charge is 2.20. The molecular weight excluding hydrogens is 328 g/mol. The maximum atomic E-state index is 9.98. The second-order valence-corrected chi connectivity index (χ2v) is 6.55. The molecule has 6 rings (SSSR count). The van der Waals surface area contributed by atoms with Gasteiger partial charge < -0.3 is 19.0 Å². The summed E-state index contributed by atoms with van der Waals surface area (Å²) in [5, 5.41) is 26.5. The van der Waals surface area contributed by atoms with E-state index in [0.717, 1.165) is 37.7 Å². The lowest BCUT2D eigenvalue weighted by molar-refractivity contribution is 0.475. The van der Waals surface area contributed by atoms with Gasteiger partial charge in [0.05, 0.1) is 5.39 Å². The smallest absolute Gasteiger partial charge is 0.299 e. The van der Waals surface area contributed by atoms with Crippen molar-refractivity contribution in [2.24, 2.45) is 0 Å². The topological polar surface area (TPSA) is 66.7 Å². The van der Waals surface area contributed by atoms with Crippen LogP contribution in [-0.4, -0.2) is 10.2 Å². The van der Waals surface area contributed by atoms with Crippen molar-refractivity contribution in [2.75, 3.05) is 0 Å². The van der Waals surface area contributed by atoms with Crippen LogP contribution in [0.5, 0.6) is 11.5 Å². The van der Waals surface area contributed by atoms with Crippen LogP contribution in [0.25, 0.3) is 54.6 Å². The molecule has 0 amide bonds. The van der Waals surface area contributed by atoms with E-state index in [9.17, 15) is 10.2 Å². The fraction of sp³-hybridized carbons (Fsp3) is 0. The summed E-state index contributed by atoms with van der Waals surface area (Å²) in [6, 6.07) is 18.4. The Morgan fingerprint density at radius 2 is 1.00 bits per heavy atom. The van der Waals surface area contributed by atoms with Crippen LogP contribution in [0.3, 0.4) is 0 Å². The molecule has 0 aliphatic heterocycles. The van der Waals surface area contributed by atoms with E-state index < -0.39 is 0 Å². The molecule has 0 unspecified atom stereocenters. The van der Waals surface area contributed by atoms with Crippen molar-refractivity contribution in [3.63, 3.8) is 0 Å². The molecule has 0 spiro atoms.